The molecule has 0 fully saturated rings. The second kappa shape index (κ2) is 7.57. The summed E-state index contributed by atoms with van der Waals surface area (Å²) in [4.78, 5) is 0.0375. The smallest absolute Gasteiger partial charge is 0.326 e. The Bertz CT molecular complexity index is 576. The lowest BCUT2D eigenvalue weighted by atomic mass is 10.2. The van der Waals surface area contributed by atoms with E-state index in [9.17, 15) is 21.6 Å². The molecule has 0 spiro atoms. The van der Waals surface area contributed by atoms with Crippen molar-refractivity contribution in [2.75, 3.05) is 6.54 Å². The summed E-state index contributed by atoms with van der Waals surface area (Å²) in [5.74, 6) is 0. The van der Waals surface area contributed by atoms with E-state index >= 15 is 0 Å². The molecule has 1 aromatic carbocycles. The molecule has 0 aliphatic heterocycles. The summed E-state index contributed by atoms with van der Waals surface area (Å²) >= 11 is 3.15. The molecule has 21 heavy (non-hydrogen) atoms. The van der Waals surface area contributed by atoms with E-state index in [1.807, 2.05) is 0 Å². The molecule has 1 rings (SSSR count). The molecule has 0 atom stereocenters. The standard InChI is InChI=1S/C12H16BrF3N2O2S/c13-10-7-9(8-17)3-4-11(10)21(19,20)18-6-2-1-5-12(14,15)16/h3-4,7,18H,1-2,5-6,8,17H2. The van der Waals surface area contributed by atoms with Gasteiger partial charge in [0.05, 0.1) is 4.90 Å². The van der Waals surface area contributed by atoms with Crippen LogP contribution in [-0.4, -0.2) is 21.1 Å². The first kappa shape index (κ1) is 18.4. The van der Waals surface area contributed by atoms with Crippen molar-refractivity contribution < 1.29 is 21.6 Å². The van der Waals surface area contributed by atoms with E-state index in [1.54, 1.807) is 12.1 Å². The first-order chi connectivity index (χ1) is 9.65. The molecule has 0 radical (unpaired) electrons. The van der Waals surface area contributed by atoms with Crippen molar-refractivity contribution >= 4 is 26.0 Å². The SMILES string of the molecule is NCc1ccc(S(=O)(=O)NCCCCC(F)(F)F)c(Br)c1. The molecular formula is C12H16BrF3N2O2S. The number of hydrogen-bond donors (Lipinski definition) is 2. The van der Waals surface area contributed by atoms with E-state index < -0.39 is 22.6 Å². The second-order valence-corrected chi connectivity index (χ2v) is 7.03. The Hall–Kier alpha value is -0.640. The number of sulfonamides is 1. The largest absolute Gasteiger partial charge is 0.389 e. The van der Waals surface area contributed by atoms with Gasteiger partial charge in [-0.05, 0) is 46.5 Å². The molecule has 3 N–H and O–H groups in total. The monoisotopic (exact) mass is 388 g/mol. The van der Waals surface area contributed by atoms with E-state index in [4.69, 9.17) is 5.73 Å². The van der Waals surface area contributed by atoms with Crippen LogP contribution in [0.2, 0.25) is 0 Å². The van der Waals surface area contributed by atoms with E-state index in [2.05, 4.69) is 20.7 Å². The Morgan fingerprint density at radius 2 is 1.90 bits per heavy atom. The lowest BCUT2D eigenvalue weighted by Gasteiger charge is -2.10. The Morgan fingerprint density at radius 1 is 1.24 bits per heavy atom. The minimum atomic E-state index is -4.21. The molecule has 0 bridgehead atoms. The molecule has 0 aromatic heterocycles. The van der Waals surface area contributed by atoms with Crippen LogP contribution in [0.25, 0.3) is 0 Å². The highest BCUT2D eigenvalue weighted by Gasteiger charge is 2.26. The quantitative estimate of drug-likeness (QED) is 0.705. The van der Waals surface area contributed by atoms with Gasteiger partial charge in [0.15, 0.2) is 0 Å². The lowest BCUT2D eigenvalue weighted by Crippen LogP contribution is -2.25. The van der Waals surface area contributed by atoms with Crippen molar-refractivity contribution in [3.05, 3.63) is 28.2 Å². The van der Waals surface area contributed by atoms with Gasteiger partial charge in [0, 0.05) is 24.0 Å². The van der Waals surface area contributed by atoms with Crippen molar-refractivity contribution in [3.8, 4) is 0 Å². The summed E-state index contributed by atoms with van der Waals surface area (Å²) < 4.78 is 62.5. The fourth-order valence-corrected chi connectivity index (χ4v) is 3.82. The molecule has 0 unspecified atom stereocenters. The van der Waals surface area contributed by atoms with Crippen molar-refractivity contribution in [1.82, 2.24) is 4.72 Å². The average Bonchev–Trinajstić information content (AvgIpc) is 2.36. The minimum absolute atomic E-state index is 0.0375. The fourth-order valence-electron chi connectivity index (χ4n) is 1.62. The summed E-state index contributed by atoms with van der Waals surface area (Å²) in [6.45, 7) is 0.243. The van der Waals surface area contributed by atoms with Crippen LogP contribution in [0.3, 0.4) is 0 Å². The van der Waals surface area contributed by atoms with Crippen LogP contribution < -0.4 is 10.5 Å². The molecule has 120 valence electrons. The number of rotatable bonds is 7. The molecule has 0 heterocycles. The van der Waals surface area contributed by atoms with Gasteiger partial charge in [-0.1, -0.05) is 6.07 Å². The van der Waals surface area contributed by atoms with Crippen molar-refractivity contribution in [2.45, 2.75) is 36.9 Å². The Labute approximate surface area is 130 Å². The number of benzene rings is 1. The maximum absolute atomic E-state index is 12.0. The summed E-state index contributed by atoms with van der Waals surface area (Å²) in [5.41, 5.74) is 6.22. The number of nitrogens with two attached hydrogens (primary N) is 1. The van der Waals surface area contributed by atoms with E-state index in [1.165, 1.54) is 6.07 Å². The molecule has 0 amide bonds. The summed E-state index contributed by atoms with van der Waals surface area (Å²) in [7, 11) is -3.75. The number of nitrogens with one attached hydrogen (secondary N) is 1. The van der Waals surface area contributed by atoms with Crippen LogP contribution in [0.4, 0.5) is 13.2 Å². The number of unbranched alkanes of at least 4 members (excludes halogenated alkanes) is 1. The van der Waals surface area contributed by atoms with Crippen molar-refractivity contribution in [1.29, 1.82) is 0 Å². The molecule has 0 aliphatic rings. The van der Waals surface area contributed by atoms with Gasteiger partial charge in [0.2, 0.25) is 10.0 Å². The highest BCUT2D eigenvalue weighted by atomic mass is 79.9. The molecule has 0 saturated heterocycles. The van der Waals surface area contributed by atoms with Gasteiger partial charge in [0.1, 0.15) is 0 Å². The predicted molar refractivity (Wildman–Crippen MR) is 77.1 cm³/mol. The van der Waals surface area contributed by atoms with Crippen LogP contribution in [0.5, 0.6) is 0 Å². The predicted octanol–water partition coefficient (Wildman–Crippen LogP) is 2.92. The number of alkyl halides is 3. The highest BCUT2D eigenvalue weighted by molar-refractivity contribution is 9.10. The third kappa shape index (κ3) is 6.33. The van der Waals surface area contributed by atoms with Gasteiger partial charge >= 0.3 is 6.18 Å². The summed E-state index contributed by atoms with van der Waals surface area (Å²) in [6, 6.07) is 4.59. The molecule has 0 aliphatic carbocycles. The van der Waals surface area contributed by atoms with Gasteiger partial charge in [-0.25, -0.2) is 13.1 Å². The normalized spacial score (nSPS) is 12.6. The summed E-state index contributed by atoms with van der Waals surface area (Å²) in [6.07, 6.45) is -5.11. The zero-order valence-electron chi connectivity index (χ0n) is 11.1. The highest BCUT2D eigenvalue weighted by Crippen LogP contribution is 2.24. The van der Waals surface area contributed by atoms with Gasteiger partial charge in [-0.3, -0.25) is 0 Å². The molecule has 4 nitrogen and oxygen atoms in total. The van der Waals surface area contributed by atoms with Crippen LogP contribution >= 0.6 is 15.9 Å². The van der Waals surface area contributed by atoms with Gasteiger partial charge in [-0.2, -0.15) is 13.2 Å². The first-order valence-corrected chi connectivity index (χ1v) is 8.48. The molecule has 1 aromatic rings. The topological polar surface area (TPSA) is 72.2 Å². The Kier molecular flexibility index (Phi) is 6.64. The maximum Gasteiger partial charge on any atom is 0.389 e. The van der Waals surface area contributed by atoms with E-state index in [-0.39, 0.29) is 30.8 Å². The fraction of sp³-hybridized carbons (Fsp3) is 0.500. The zero-order valence-corrected chi connectivity index (χ0v) is 13.5. The summed E-state index contributed by atoms with van der Waals surface area (Å²) in [5, 5.41) is 0. The van der Waals surface area contributed by atoms with Gasteiger partial charge in [-0.15, -0.1) is 0 Å². The molecule has 9 heteroatoms. The first-order valence-electron chi connectivity index (χ1n) is 6.20. The molecular weight excluding hydrogens is 373 g/mol. The Morgan fingerprint density at radius 3 is 2.43 bits per heavy atom. The molecule has 0 saturated carbocycles. The van der Waals surface area contributed by atoms with Gasteiger partial charge < -0.3 is 5.73 Å². The van der Waals surface area contributed by atoms with E-state index in [0.717, 1.165) is 5.56 Å². The maximum atomic E-state index is 12.0. The minimum Gasteiger partial charge on any atom is -0.326 e. The van der Waals surface area contributed by atoms with Gasteiger partial charge in [0.25, 0.3) is 0 Å². The number of hydrogen-bond acceptors (Lipinski definition) is 3. The average molecular weight is 389 g/mol. The Balaban J connectivity index is 2.58. The zero-order chi connectivity index (χ0) is 16.1. The third-order valence-electron chi connectivity index (χ3n) is 2.70. The number of halogens is 4. The lowest BCUT2D eigenvalue weighted by molar-refractivity contribution is -0.135. The van der Waals surface area contributed by atoms with Crippen LogP contribution in [0.15, 0.2) is 27.6 Å². The van der Waals surface area contributed by atoms with Crippen LogP contribution in [0.1, 0.15) is 24.8 Å². The van der Waals surface area contributed by atoms with Crippen LogP contribution in [-0.2, 0) is 16.6 Å². The van der Waals surface area contributed by atoms with Crippen molar-refractivity contribution in [3.63, 3.8) is 0 Å². The van der Waals surface area contributed by atoms with Crippen molar-refractivity contribution in [2.24, 2.45) is 5.73 Å². The second-order valence-electron chi connectivity index (χ2n) is 4.44. The third-order valence-corrected chi connectivity index (χ3v) is 5.14. The van der Waals surface area contributed by atoms with Crippen LogP contribution in [0, 0.1) is 0 Å². The van der Waals surface area contributed by atoms with E-state index in [0.29, 0.717) is 4.47 Å².